The van der Waals surface area contributed by atoms with Crippen LogP contribution in [-0.2, 0) is 20.7 Å². The van der Waals surface area contributed by atoms with E-state index in [-0.39, 0.29) is 18.9 Å². The fourth-order valence-electron chi connectivity index (χ4n) is 2.05. The zero-order valence-electron chi connectivity index (χ0n) is 14.9. The van der Waals surface area contributed by atoms with E-state index in [1.165, 1.54) is 0 Å². The highest BCUT2D eigenvalue weighted by molar-refractivity contribution is 5.80. The maximum Gasteiger partial charge on any atom is 0.306 e. The van der Waals surface area contributed by atoms with Crippen LogP contribution in [-0.4, -0.2) is 39.2 Å². The van der Waals surface area contributed by atoms with Crippen molar-refractivity contribution in [1.82, 2.24) is 5.32 Å². The molecule has 0 aliphatic carbocycles. The van der Waals surface area contributed by atoms with Gasteiger partial charge in [0.15, 0.2) is 18.1 Å². The molecule has 0 aliphatic heterocycles. The maximum absolute atomic E-state index is 11.7. The maximum atomic E-state index is 11.7. The van der Waals surface area contributed by atoms with Crippen LogP contribution in [0.2, 0.25) is 0 Å². The van der Waals surface area contributed by atoms with Crippen molar-refractivity contribution in [3.05, 3.63) is 23.8 Å². The standard InChI is InChI=1S/C18H27NO5/c1-13(2)9-10-19-17(20)12-24-18(21)8-6-14-5-7-15(22-3)16(11-14)23-4/h5,7,11,13H,6,8-10,12H2,1-4H3,(H,19,20). The van der Waals surface area contributed by atoms with Crippen LogP contribution >= 0.6 is 0 Å². The smallest absolute Gasteiger partial charge is 0.306 e. The highest BCUT2D eigenvalue weighted by atomic mass is 16.5. The van der Waals surface area contributed by atoms with Gasteiger partial charge in [0.05, 0.1) is 14.2 Å². The molecule has 0 unspecified atom stereocenters. The Morgan fingerprint density at radius 3 is 2.46 bits per heavy atom. The number of amides is 1. The molecule has 0 saturated heterocycles. The lowest BCUT2D eigenvalue weighted by molar-refractivity contribution is -0.148. The molecule has 1 amide bonds. The van der Waals surface area contributed by atoms with Gasteiger partial charge in [-0.1, -0.05) is 19.9 Å². The molecule has 0 heterocycles. The van der Waals surface area contributed by atoms with Gasteiger partial charge in [-0.3, -0.25) is 9.59 Å². The van der Waals surface area contributed by atoms with Crippen molar-refractivity contribution in [2.75, 3.05) is 27.4 Å². The van der Waals surface area contributed by atoms with E-state index in [1.54, 1.807) is 20.3 Å². The summed E-state index contributed by atoms with van der Waals surface area (Å²) in [5, 5.41) is 2.72. The topological polar surface area (TPSA) is 73.9 Å². The van der Waals surface area contributed by atoms with E-state index in [0.717, 1.165) is 12.0 Å². The summed E-state index contributed by atoms with van der Waals surface area (Å²) in [5.74, 6) is 1.11. The third-order valence-electron chi connectivity index (χ3n) is 3.47. The van der Waals surface area contributed by atoms with Crippen molar-refractivity contribution < 1.29 is 23.8 Å². The molecular weight excluding hydrogens is 310 g/mol. The lowest BCUT2D eigenvalue weighted by Gasteiger charge is -2.10. The molecule has 24 heavy (non-hydrogen) atoms. The SMILES string of the molecule is COc1ccc(CCC(=O)OCC(=O)NCCC(C)C)cc1OC. The second-order valence-electron chi connectivity index (χ2n) is 5.88. The molecular formula is C18H27NO5. The number of benzene rings is 1. The van der Waals surface area contributed by atoms with Gasteiger partial charge in [-0.2, -0.15) is 0 Å². The predicted molar refractivity (Wildman–Crippen MR) is 91.3 cm³/mol. The summed E-state index contributed by atoms with van der Waals surface area (Å²) in [7, 11) is 3.13. The summed E-state index contributed by atoms with van der Waals surface area (Å²) in [6, 6.07) is 5.49. The van der Waals surface area contributed by atoms with E-state index < -0.39 is 5.97 Å². The summed E-state index contributed by atoms with van der Waals surface area (Å²) in [4.78, 5) is 23.3. The number of hydrogen-bond donors (Lipinski definition) is 1. The molecule has 0 saturated carbocycles. The minimum atomic E-state index is -0.399. The van der Waals surface area contributed by atoms with Crippen LogP contribution in [0.25, 0.3) is 0 Å². The molecule has 0 aliphatic rings. The Kier molecular flexibility index (Phi) is 8.68. The van der Waals surface area contributed by atoms with Crippen LogP contribution in [0.5, 0.6) is 11.5 Å². The molecule has 0 radical (unpaired) electrons. The van der Waals surface area contributed by atoms with Crippen molar-refractivity contribution in [3.8, 4) is 11.5 Å². The van der Waals surface area contributed by atoms with E-state index in [9.17, 15) is 9.59 Å². The summed E-state index contributed by atoms with van der Waals surface area (Å²) in [6.45, 7) is 4.53. The fourth-order valence-corrected chi connectivity index (χ4v) is 2.05. The quantitative estimate of drug-likeness (QED) is 0.663. The van der Waals surface area contributed by atoms with Gasteiger partial charge in [-0.25, -0.2) is 0 Å². The van der Waals surface area contributed by atoms with Crippen LogP contribution in [0, 0.1) is 5.92 Å². The first-order valence-electron chi connectivity index (χ1n) is 8.09. The first-order valence-corrected chi connectivity index (χ1v) is 8.09. The third kappa shape index (κ3) is 7.35. The molecule has 6 heteroatoms. The Morgan fingerprint density at radius 1 is 1.12 bits per heavy atom. The number of nitrogens with one attached hydrogen (secondary N) is 1. The number of methoxy groups -OCH3 is 2. The van der Waals surface area contributed by atoms with E-state index in [4.69, 9.17) is 14.2 Å². The van der Waals surface area contributed by atoms with E-state index in [2.05, 4.69) is 19.2 Å². The van der Waals surface area contributed by atoms with Gasteiger partial charge in [-0.15, -0.1) is 0 Å². The molecule has 1 aromatic rings. The third-order valence-corrected chi connectivity index (χ3v) is 3.47. The number of aryl methyl sites for hydroxylation is 1. The number of rotatable bonds is 10. The lowest BCUT2D eigenvalue weighted by Crippen LogP contribution is -2.30. The molecule has 0 bridgehead atoms. The second-order valence-corrected chi connectivity index (χ2v) is 5.88. The summed E-state index contributed by atoms with van der Waals surface area (Å²) < 4.78 is 15.4. The largest absolute Gasteiger partial charge is 0.493 e. The van der Waals surface area contributed by atoms with Gasteiger partial charge in [0.2, 0.25) is 0 Å². The molecule has 0 spiro atoms. The molecule has 0 fully saturated rings. The van der Waals surface area contributed by atoms with Crippen molar-refractivity contribution in [1.29, 1.82) is 0 Å². The Bertz CT molecular complexity index is 542. The van der Waals surface area contributed by atoms with Crippen LogP contribution in [0.4, 0.5) is 0 Å². The average molecular weight is 337 g/mol. The number of hydrogen-bond acceptors (Lipinski definition) is 5. The van der Waals surface area contributed by atoms with Crippen molar-refractivity contribution in [2.45, 2.75) is 33.1 Å². The minimum Gasteiger partial charge on any atom is -0.493 e. The Morgan fingerprint density at radius 2 is 1.83 bits per heavy atom. The molecule has 0 atom stereocenters. The average Bonchev–Trinajstić information content (AvgIpc) is 2.57. The van der Waals surface area contributed by atoms with Gasteiger partial charge in [0, 0.05) is 13.0 Å². The Labute approximate surface area is 143 Å². The van der Waals surface area contributed by atoms with Gasteiger partial charge in [0.25, 0.3) is 5.91 Å². The summed E-state index contributed by atoms with van der Waals surface area (Å²) >= 11 is 0. The monoisotopic (exact) mass is 337 g/mol. The molecule has 1 aromatic carbocycles. The van der Waals surface area contributed by atoms with E-state index in [0.29, 0.717) is 30.4 Å². The Hall–Kier alpha value is -2.24. The lowest BCUT2D eigenvalue weighted by atomic mass is 10.1. The molecule has 6 nitrogen and oxygen atoms in total. The number of esters is 1. The zero-order chi connectivity index (χ0) is 17.9. The van der Waals surface area contributed by atoms with Gasteiger partial charge >= 0.3 is 5.97 Å². The molecule has 1 rings (SSSR count). The zero-order valence-corrected chi connectivity index (χ0v) is 14.9. The highest BCUT2D eigenvalue weighted by Gasteiger charge is 2.10. The first-order chi connectivity index (χ1) is 11.5. The van der Waals surface area contributed by atoms with Gasteiger partial charge < -0.3 is 19.5 Å². The van der Waals surface area contributed by atoms with Gasteiger partial charge in [0.1, 0.15) is 0 Å². The minimum absolute atomic E-state index is 0.203. The van der Waals surface area contributed by atoms with Crippen LogP contribution in [0.15, 0.2) is 18.2 Å². The van der Waals surface area contributed by atoms with Crippen molar-refractivity contribution in [2.24, 2.45) is 5.92 Å². The number of carbonyl (C=O) groups excluding carboxylic acids is 2. The summed E-state index contributed by atoms with van der Waals surface area (Å²) in [6.07, 6.45) is 1.61. The van der Waals surface area contributed by atoms with Crippen molar-refractivity contribution >= 4 is 11.9 Å². The van der Waals surface area contributed by atoms with E-state index in [1.807, 2.05) is 12.1 Å². The first kappa shape index (κ1) is 19.8. The van der Waals surface area contributed by atoms with E-state index >= 15 is 0 Å². The second kappa shape index (κ2) is 10.5. The number of ether oxygens (including phenoxy) is 3. The normalized spacial score (nSPS) is 10.4. The molecule has 134 valence electrons. The highest BCUT2D eigenvalue weighted by Crippen LogP contribution is 2.27. The predicted octanol–water partition coefficient (Wildman–Crippen LogP) is 2.34. The molecule has 0 aromatic heterocycles. The number of carbonyl (C=O) groups is 2. The summed E-state index contributed by atoms with van der Waals surface area (Å²) in [5.41, 5.74) is 0.936. The van der Waals surface area contributed by atoms with Gasteiger partial charge in [-0.05, 0) is 36.5 Å². The Balaban J connectivity index is 2.32. The molecule has 1 N–H and O–H groups in total. The van der Waals surface area contributed by atoms with Crippen LogP contribution in [0.1, 0.15) is 32.3 Å². The van der Waals surface area contributed by atoms with Crippen molar-refractivity contribution in [3.63, 3.8) is 0 Å². The van der Waals surface area contributed by atoms with Crippen LogP contribution < -0.4 is 14.8 Å². The van der Waals surface area contributed by atoms with Crippen LogP contribution in [0.3, 0.4) is 0 Å². The fraction of sp³-hybridized carbons (Fsp3) is 0.556.